The largest absolute Gasteiger partial charge is 0.493 e. The van der Waals surface area contributed by atoms with E-state index in [0.29, 0.717) is 66.1 Å². The molecule has 174 valence electrons. The minimum atomic E-state index is -0.118. The number of ether oxygens (including phenoxy) is 2. The molecule has 4 aromatic rings. The number of furan rings is 1. The topological polar surface area (TPSA) is 107 Å². The fourth-order valence-electron chi connectivity index (χ4n) is 4.31. The second kappa shape index (κ2) is 8.93. The second-order valence-electron chi connectivity index (χ2n) is 7.91. The van der Waals surface area contributed by atoms with Crippen LogP contribution in [0.3, 0.4) is 0 Å². The molecule has 1 saturated heterocycles. The molecule has 1 fully saturated rings. The van der Waals surface area contributed by atoms with Crippen LogP contribution in [0.15, 0.2) is 59.2 Å². The third kappa shape index (κ3) is 3.75. The average Bonchev–Trinajstić information content (AvgIpc) is 3.42. The third-order valence-electron chi connectivity index (χ3n) is 5.99. The number of methoxy groups -OCH3 is 2. The van der Waals surface area contributed by atoms with Crippen molar-refractivity contribution in [3.05, 3.63) is 60.6 Å². The van der Waals surface area contributed by atoms with E-state index < -0.39 is 0 Å². The maximum Gasteiger partial charge on any atom is 0.289 e. The van der Waals surface area contributed by atoms with Crippen LogP contribution in [0.1, 0.15) is 10.6 Å². The molecular formula is C25H25N5O4. The molecule has 2 N–H and O–H groups in total. The number of rotatable bonds is 5. The predicted octanol–water partition coefficient (Wildman–Crippen LogP) is 3.45. The average molecular weight is 460 g/mol. The van der Waals surface area contributed by atoms with Gasteiger partial charge in [0.2, 0.25) is 5.95 Å². The van der Waals surface area contributed by atoms with Crippen LogP contribution in [-0.2, 0) is 0 Å². The lowest BCUT2D eigenvalue weighted by atomic mass is 9.99. The number of fused-ring (bicyclic) bond motifs is 1. The van der Waals surface area contributed by atoms with Crippen LogP contribution in [0.2, 0.25) is 0 Å². The van der Waals surface area contributed by atoms with Crippen LogP contribution in [-0.4, -0.2) is 61.2 Å². The molecule has 0 spiro atoms. The summed E-state index contributed by atoms with van der Waals surface area (Å²) < 4.78 is 16.6. The van der Waals surface area contributed by atoms with Crippen molar-refractivity contribution in [2.75, 3.05) is 51.0 Å². The number of anilines is 2. The second-order valence-corrected chi connectivity index (χ2v) is 7.91. The fraction of sp³-hybridized carbons (Fsp3) is 0.240. The molecule has 34 heavy (non-hydrogen) atoms. The van der Waals surface area contributed by atoms with Gasteiger partial charge in [-0.15, -0.1) is 0 Å². The van der Waals surface area contributed by atoms with Gasteiger partial charge in [-0.3, -0.25) is 4.79 Å². The van der Waals surface area contributed by atoms with Crippen molar-refractivity contribution in [2.24, 2.45) is 0 Å². The number of amides is 1. The fourth-order valence-corrected chi connectivity index (χ4v) is 4.31. The number of nitrogens with two attached hydrogens (primary N) is 1. The van der Waals surface area contributed by atoms with Crippen molar-refractivity contribution in [2.45, 2.75) is 0 Å². The van der Waals surface area contributed by atoms with E-state index >= 15 is 0 Å². The van der Waals surface area contributed by atoms with E-state index in [1.807, 2.05) is 41.3 Å². The summed E-state index contributed by atoms with van der Waals surface area (Å²) in [6.07, 6.45) is 1.50. The highest BCUT2D eigenvalue weighted by Gasteiger charge is 2.27. The Morgan fingerprint density at radius 3 is 2.41 bits per heavy atom. The molecule has 1 aliphatic heterocycles. The van der Waals surface area contributed by atoms with E-state index in [9.17, 15) is 4.79 Å². The van der Waals surface area contributed by atoms with Crippen molar-refractivity contribution in [3.8, 4) is 22.6 Å². The first kappa shape index (κ1) is 21.6. The van der Waals surface area contributed by atoms with Crippen LogP contribution in [0.25, 0.3) is 22.0 Å². The summed E-state index contributed by atoms with van der Waals surface area (Å²) >= 11 is 0. The Kier molecular flexibility index (Phi) is 5.67. The Labute approximate surface area is 196 Å². The number of aromatic nitrogens is 2. The van der Waals surface area contributed by atoms with Crippen LogP contribution < -0.4 is 20.1 Å². The SMILES string of the molecule is COc1cc2nc(N3CCN(C(=O)c4ccco4)CC3)nc(N)c2c(-c2ccccc2)c1OC. The zero-order chi connectivity index (χ0) is 23.7. The summed E-state index contributed by atoms with van der Waals surface area (Å²) in [6.45, 7) is 2.22. The highest BCUT2D eigenvalue weighted by molar-refractivity contribution is 6.05. The molecule has 0 saturated carbocycles. The molecule has 0 atom stereocenters. The zero-order valence-electron chi connectivity index (χ0n) is 19.0. The summed E-state index contributed by atoms with van der Waals surface area (Å²) in [5, 5.41) is 0.708. The molecule has 9 heteroatoms. The molecule has 0 aliphatic carbocycles. The molecule has 0 unspecified atom stereocenters. The van der Waals surface area contributed by atoms with Gasteiger partial charge in [-0.05, 0) is 17.7 Å². The Morgan fingerprint density at radius 1 is 1.00 bits per heavy atom. The lowest BCUT2D eigenvalue weighted by Gasteiger charge is -2.34. The van der Waals surface area contributed by atoms with Gasteiger partial charge in [0.1, 0.15) is 5.82 Å². The highest BCUT2D eigenvalue weighted by Crippen LogP contribution is 2.45. The molecule has 1 aliphatic rings. The Balaban J connectivity index is 1.51. The van der Waals surface area contributed by atoms with E-state index in [1.165, 1.54) is 6.26 Å². The summed E-state index contributed by atoms with van der Waals surface area (Å²) in [5.74, 6) is 2.23. The smallest absolute Gasteiger partial charge is 0.289 e. The first-order chi connectivity index (χ1) is 16.6. The molecule has 9 nitrogen and oxygen atoms in total. The molecule has 3 heterocycles. The third-order valence-corrected chi connectivity index (χ3v) is 5.99. The lowest BCUT2D eigenvalue weighted by molar-refractivity contribution is 0.0714. The van der Waals surface area contributed by atoms with Gasteiger partial charge in [-0.1, -0.05) is 30.3 Å². The first-order valence-corrected chi connectivity index (χ1v) is 11.0. The monoisotopic (exact) mass is 459 g/mol. The molecule has 2 aromatic carbocycles. The summed E-state index contributed by atoms with van der Waals surface area (Å²) in [7, 11) is 3.20. The van der Waals surface area contributed by atoms with Gasteiger partial charge >= 0.3 is 0 Å². The van der Waals surface area contributed by atoms with Gasteiger partial charge in [-0.25, -0.2) is 4.98 Å². The van der Waals surface area contributed by atoms with Crippen LogP contribution in [0, 0.1) is 0 Å². The summed E-state index contributed by atoms with van der Waals surface area (Å²) in [5.41, 5.74) is 8.88. The van der Waals surface area contributed by atoms with Crippen molar-refractivity contribution in [3.63, 3.8) is 0 Å². The van der Waals surface area contributed by atoms with Gasteiger partial charge in [0, 0.05) is 37.8 Å². The molecule has 2 aromatic heterocycles. The van der Waals surface area contributed by atoms with Crippen molar-refractivity contribution in [1.29, 1.82) is 0 Å². The van der Waals surface area contributed by atoms with Gasteiger partial charge in [0.05, 0.1) is 31.4 Å². The zero-order valence-corrected chi connectivity index (χ0v) is 19.0. The number of benzene rings is 2. The van der Waals surface area contributed by atoms with Crippen molar-refractivity contribution < 1.29 is 18.7 Å². The minimum Gasteiger partial charge on any atom is -0.493 e. The summed E-state index contributed by atoms with van der Waals surface area (Å²) in [6, 6.07) is 15.0. The minimum absolute atomic E-state index is 0.118. The standard InChI is InChI=1S/C25H25N5O4/c1-32-19-15-17-21(20(22(19)33-2)16-7-4-3-5-8-16)23(26)28-25(27-17)30-12-10-29(11-13-30)24(31)18-9-6-14-34-18/h3-9,14-15H,10-13H2,1-2H3,(H2,26,27,28). The summed E-state index contributed by atoms with van der Waals surface area (Å²) in [4.78, 5) is 25.8. The van der Waals surface area contributed by atoms with Crippen LogP contribution >= 0.6 is 0 Å². The molecule has 0 radical (unpaired) electrons. The lowest BCUT2D eigenvalue weighted by Crippen LogP contribution is -2.49. The van der Waals surface area contributed by atoms with Crippen molar-refractivity contribution in [1.82, 2.24) is 14.9 Å². The molecule has 5 rings (SSSR count). The van der Waals surface area contributed by atoms with Crippen LogP contribution in [0.4, 0.5) is 11.8 Å². The van der Waals surface area contributed by atoms with E-state index in [0.717, 1.165) is 11.1 Å². The maximum atomic E-state index is 12.6. The van der Waals surface area contributed by atoms with Gasteiger partial charge in [0.15, 0.2) is 17.3 Å². The highest BCUT2D eigenvalue weighted by atomic mass is 16.5. The van der Waals surface area contributed by atoms with E-state index in [-0.39, 0.29) is 5.91 Å². The molecule has 1 amide bonds. The Bertz CT molecular complexity index is 1320. The van der Waals surface area contributed by atoms with E-state index in [1.54, 1.807) is 31.3 Å². The first-order valence-electron chi connectivity index (χ1n) is 11.0. The maximum absolute atomic E-state index is 12.6. The van der Waals surface area contributed by atoms with E-state index in [2.05, 4.69) is 4.98 Å². The van der Waals surface area contributed by atoms with E-state index in [4.69, 9.17) is 24.6 Å². The number of nitrogens with zero attached hydrogens (tertiary/aromatic N) is 4. The van der Waals surface area contributed by atoms with Gasteiger partial charge in [0.25, 0.3) is 5.91 Å². The quantitative estimate of drug-likeness (QED) is 0.484. The number of nitrogen functional groups attached to an aromatic ring is 1. The number of hydrogen-bond donors (Lipinski definition) is 1. The molecule has 0 bridgehead atoms. The molecular weight excluding hydrogens is 434 g/mol. The number of carbonyl (C=O) groups excluding carboxylic acids is 1. The van der Waals surface area contributed by atoms with Crippen molar-refractivity contribution >= 4 is 28.6 Å². The van der Waals surface area contributed by atoms with Gasteiger partial charge < -0.3 is 29.4 Å². The Morgan fingerprint density at radius 2 is 1.76 bits per heavy atom. The predicted molar refractivity (Wildman–Crippen MR) is 129 cm³/mol. The van der Waals surface area contributed by atoms with Gasteiger partial charge in [-0.2, -0.15) is 4.98 Å². The normalized spacial score (nSPS) is 13.8. The van der Waals surface area contributed by atoms with Crippen LogP contribution in [0.5, 0.6) is 11.5 Å². The number of carbonyl (C=O) groups is 1. The number of hydrogen-bond acceptors (Lipinski definition) is 8. The Hall–Kier alpha value is -4.27. The number of piperazine rings is 1.